The van der Waals surface area contributed by atoms with E-state index in [0.717, 1.165) is 0 Å². The predicted octanol–water partition coefficient (Wildman–Crippen LogP) is 4.47. The van der Waals surface area contributed by atoms with Gasteiger partial charge >= 0.3 is 5.63 Å². The number of aromatic hydroxyl groups is 1. The Labute approximate surface area is 124 Å². The van der Waals surface area contributed by atoms with Crippen LogP contribution in [0.25, 0.3) is 22.1 Å². The number of hydrogen-bond acceptors (Lipinski definition) is 3. The summed E-state index contributed by atoms with van der Waals surface area (Å²) in [5.74, 6) is 0.0278. The standard InChI is InChI=1S/C15H8Cl2O3/c16-8-1-3-10(13(17)5-8)12-7-15(19)20-14-6-9(18)2-4-11(12)14/h1-7,18H. The summed E-state index contributed by atoms with van der Waals surface area (Å²) in [7, 11) is 0. The van der Waals surface area contributed by atoms with E-state index in [1.807, 2.05) is 0 Å². The van der Waals surface area contributed by atoms with Gasteiger partial charge in [0.1, 0.15) is 11.3 Å². The van der Waals surface area contributed by atoms with Crippen LogP contribution >= 0.6 is 23.2 Å². The van der Waals surface area contributed by atoms with Gasteiger partial charge in [-0.05, 0) is 24.3 Å². The fourth-order valence-electron chi connectivity index (χ4n) is 2.08. The Morgan fingerprint density at radius 2 is 1.75 bits per heavy atom. The summed E-state index contributed by atoms with van der Waals surface area (Å²) in [4.78, 5) is 11.6. The summed E-state index contributed by atoms with van der Waals surface area (Å²) in [5, 5.41) is 11.1. The molecule has 0 saturated heterocycles. The molecule has 0 aliphatic heterocycles. The van der Waals surface area contributed by atoms with Gasteiger partial charge in [-0.2, -0.15) is 0 Å². The zero-order chi connectivity index (χ0) is 14.3. The predicted molar refractivity (Wildman–Crippen MR) is 79.6 cm³/mol. The van der Waals surface area contributed by atoms with Gasteiger partial charge in [-0.1, -0.05) is 29.3 Å². The molecule has 1 N–H and O–H groups in total. The Hall–Kier alpha value is -1.97. The molecule has 0 radical (unpaired) electrons. The van der Waals surface area contributed by atoms with Crippen LogP contribution in [0.15, 0.2) is 51.7 Å². The molecule has 0 aliphatic carbocycles. The maximum absolute atomic E-state index is 11.6. The molecule has 0 aliphatic rings. The van der Waals surface area contributed by atoms with Crippen LogP contribution in [-0.4, -0.2) is 5.11 Å². The van der Waals surface area contributed by atoms with Crippen molar-refractivity contribution in [2.24, 2.45) is 0 Å². The van der Waals surface area contributed by atoms with Crippen LogP contribution in [0.4, 0.5) is 0 Å². The van der Waals surface area contributed by atoms with Gasteiger partial charge in [0.05, 0.1) is 0 Å². The van der Waals surface area contributed by atoms with Crippen LogP contribution in [0.3, 0.4) is 0 Å². The SMILES string of the molecule is O=c1cc(-c2ccc(Cl)cc2Cl)c2ccc(O)cc2o1. The maximum atomic E-state index is 11.6. The molecule has 0 atom stereocenters. The monoisotopic (exact) mass is 306 g/mol. The molecule has 20 heavy (non-hydrogen) atoms. The highest BCUT2D eigenvalue weighted by Crippen LogP contribution is 2.34. The molecule has 0 bridgehead atoms. The second-order valence-corrected chi connectivity index (χ2v) is 5.13. The van der Waals surface area contributed by atoms with Gasteiger partial charge in [0, 0.05) is 38.7 Å². The Bertz CT molecular complexity index is 869. The van der Waals surface area contributed by atoms with E-state index in [2.05, 4.69) is 0 Å². The van der Waals surface area contributed by atoms with Gasteiger partial charge < -0.3 is 9.52 Å². The van der Waals surface area contributed by atoms with E-state index in [9.17, 15) is 9.90 Å². The van der Waals surface area contributed by atoms with Crippen molar-refractivity contribution in [3.63, 3.8) is 0 Å². The number of benzene rings is 2. The molecule has 0 fully saturated rings. The summed E-state index contributed by atoms with van der Waals surface area (Å²) in [6.07, 6.45) is 0. The molecule has 0 saturated carbocycles. The van der Waals surface area contributed by atoms with Gasteiger partial charge in [-0.25, -0.2) is 4.79 Å². The highest BCUT2D eigenvalue weighted by atomic mass is 35.5. The van der Waals surface area contributed by atoms with E-state index in [4.69, 9.17) is 27.6 Å². The summed E-state index contributed by atoms with van der Waals surface area (Å²) in [6.45, 7) is 0. The zero-order valence-corrected chi connectivity index (χ0v) is 11.6. The van der Waals surface area contributed by atoms with E-state index in [-0.39, 0.29) is 5.75 Å². The molecule has 0 unspecified atom stereocenters. The molecule has 3 aromatic rings. The number of phenolic OH excluding ortho intramolecular Hbond substituents is 1. The van der Waals surface area contributed by atoms with Crippen molar-refractivity contribution in [2.75, 3.05) is 0 Å². The van der Waals surface area contributed by atoms with E-state index in [1.54, 1.807) is 24.3 Å². The van der Waals surface area contributed by atoms with Crippen LogP contribution in [0.2, 0.25) is 10.0 Å². The van der Waals surface area contributed by atoms with Gasteiger partial charge in [-0.3, -0.25) is 0 Å². The minimum absolute atomic E-state index is 0.0278. The molecule has 0 amide bonds. The lowest BCUT2D eigenvalue weighted by Gasteiger charge is -2.08. The Balaban J connectivity index is 2.38. The first kappa shape index (κ1) is 13.0. The molecular weight excluding hydrogens is 299 g/mol. The van der Waals surface area contributed by atoms with Gasteiger partial charge in [0.2, 0.25) is 0 Å². The van der Waals surface area contributed by atoms with Crippen molar-refractivity contribution in [1.29, 1.82) is 0 Å². The quantitative estimate of drug-likeness (QED) is 0.675. The fraction of sp³-hybridized carbons (Fsp3) is 0. The van der Waals surface area contributed by atoms with E-state index in [0.29, 0.717) is 32.1 Å². The Morgan fingerprint density at radius 3 is 2.50 bits per heavy atom. The van der Waals surface area contributed by atoms with Crippen molar-refractivity contribution < 1.29 is 9.52 Å². The van der Waals surface area contributed by atoms with Crippen LogP contribution < -0.4 is 5.63 Å². The highest BCUT2D eigenvalue weighted by Gasteiger charge is 2.11. The van der Waals surface area contributed by atoms with Gasteiger partial charge in [-0.15, -0.1) is 0 Å². The molecule has 100 valence electrons. The second kappa shape index (κ2) is 4.85. The second-order valence-electron chi connectivity index (χ2n) is 4.28. The number of hydrogen-bond donors (Lipinski definition) is 1. The maximum Gasteiger partial charge on any atom is 0.336 e. The number of rotatable bonds is 1. The number of halogens is 2. The average Bonchev–Trinajstić information content (AvgIpc) is 2.37. The molecular formula is C15H8Cl2O3. The van der Waals surface area contributed by atoms with Crippen molar-refractivity contribution in [2.45, 2.75) is 0 Å². The minimum Gasteiger partial charge on any atom is -0.508 e. The van der Waals surface area contributed by atoms with Gasteiger partial charge in [0.15, 0.2) is 0 Å². The summed E-state index contributed by atoms with van der Waals surface area (Å²) in [6, 6.07) is 11.0. The number of fused-ring (bicyclic) bond motifs is 1. The highest BCUT2D eigenvalue weighted by molar-refractivity contribution is 6.36. The summed E-state index contributed by atoms with van der Waals surface area (Å²) >= 11 is 12.1. The van der Waals surface area contributed by atoms with Crippen LogP contribution in [0, 0.1) is 0 Å². The number of phenols is 1. The molecule has 1 aromatic heterocycles. The summed E-state index contributed by atoms with van der Waals surface area (Å²) < 4.78 is 5.08. The molecule has 3 rings (SSSR count). The first-order valence-electron chi connectivity index (χ1n) is 5.77. The van der Waals surface area contributed by atoms with Crippen LogP contribution in [0.1, 0.15) is 0 Å². The molecule has 1 heterocycles. The van der Waals surface area contributed by atoms with Crippen molar-refractivity contribution in [3.8, 4) is 16.9 Å². The fourth-order valence-corrected chi connectivity index (χ4v) is 2.59. The van der Waals surface area contributed by atoms with Crippen LogP contribution in [0.5, 0.6) is 5.75 Å². The Kier molecular flexibility index (Phi) is 3.16. The average molecular weight is 307 g/mol. The van der Waals surface area contributed by atoms with Crippen molar-refractivity contribution in [3.05, 3.63) is 62.9 Å². The van der Waals surface area contributed by atoms with E-state index in [1.165, 1.54) is 18.2 Å². The summed E-state index contributed by atoms with van der Waals surface area (Å²) in [5.41, 5.74) is 1.11. The van der Waals surface area contributed by atoms with E-state index >= 15 is 0 Å². The van der Waals surface area contributed by atoms with Crippen LogP contribution in [-0.2, 0) is 0 Å². The normalized spacial score (nSPS) is 10.9. The molecule has 5 heteroatoms. The lowest BCUT2D eigenvalue weighted by Crippen LogP contribution is -1.98. The molecule has 2 aromatic carbocycles. The Morgan fingerprint density at radius 1 is 0.950 bits per heavy atom. The van der Waals surface area contributed by atoms with Crippen molar-refractivity contribution in [1.82, 2.24) is 0 Å². The third-order valence-corrected chi connectivity index (χ3v) is 3.50. The first-order valence-corrected chi connectivity index (χ1v) is 6.52. The van der Waals surface area contributed by atoms with Crippen molar-refractivity contribution >= 4 is 34.2 Å². The smallest absolute Gasteiger partial charge is 0.336 e. The topological polar surface area (TPSA) is 50.4 Å². The largest absolute Gasteiger partial charge is 0.508 e. The molecule has 0 spiro atoms. The minimum atomic E-state index is -0.510. The third-order valence-electron chi connectivity index (χ3n) is 2.95. The lowest BCUT2D eigenvalue weighted by molar-refractivity contribution is 0.473. The lowest BCUT2D eigenvalue weighted by atomic mass is 10.0. The van der Waals surface area contributed by atoms with Gasteiger partial charge in [0.25, 0.3) is 0 Å². The zero-order valence-electron chi connectivity index (χ0n) is 10.1. The third kappa shape index (κ3) is 2.26. The first-order chi connectivity index (χ1) is 9.54. The molecule has 3 nitrogen and oxygen atoms in total. The van der Waals surface area contributed by atoms with E-state index < -0.39 is 5.63 Å².